The molecule has 1 aliphatic rings. The van der Waals surface area contributed by atoms with Crippen LogP contribution in [0, 0.1) is 6.92 Å². The maximum absolute atomic E-state index is 14.2. The molecule has 5 atom stereocenters. The van der Waals surface area contributed by atoms with Crippen molar-refractivity contribution in [1.29, 1.82) is 0 Å². The second kappa shape index (κ2) is 12.0. The molecule has 3 aromatic carbocycles. The van der Waals surface area contributed by atoms with Gasteiger partial charge in [-0.05, 0) is 35.7 Å². The van der Waals surface area contributed by atoms with Gasteiger partial charge < -0.3 is 38.3 Å². The first-order valence-electron chi connectivity index (χ1n) is 12.6. The van der Waals surface area contributed by atoms with Crippen LogP contribution in [0.25, 0.3) is 11.0 Å². The molecule has 1 fully saturated rings. The van der Waals surface area contributed by atoms with E-state index in [1.54, 1.807) is 67.6 Å². The summed E-state index contributed by atoms with van der Waals surface area (Å²) in [6.45, 7) is 1.50. The monoisotopic (exact) mass is 568 g/mol. The third-order valence-electron chi connectivity index (χ3n) is 6.54. The highest BCUT2D eigenvalue weighted by molar-refractivity contribution is 7.54. The molecule has 10 nitrogen and oxygen atoms in total. The summed E-state index contributed by atoms with van der Waals surface area (Å²) in [5.41, 5.74) is 1.79. The molecule has 0 amide bonds. The molecular formula is C29H29O10P. The minimum atomic E-state index is -4.32. The Bertz CT molecular complexity index is 1490. The first kappa shape index (κ1) is 28.2. The zero-order valence-corrected chi connectivity index (χ0v) is 22.4. The Labute approximate surface area is 229 Å². The van der Waals surface area contributed by atoms with Gasteiger partial charge in [0.2, 0.25) is 6.29 Å². The number of fused-ring (bicyclic) bond motifs is 1. The molecule has 210 valence electrons. The van der Waals surface area contributed by atoms with E-state index in [4.69, 9.17) is 22.9 Å². The highest BCUT2D eigenvalue weighted by Crippen LogP contribution is 2.58. The molecule has 0 radical (unpaired) electrons. The fourth-order valence-electron chi connectivity index (χ4n) is 4.36. The minimum Gasteiger partial charge on any atom is -0.462 e. The molecule has 0 bridgehead atoms. The summed E-state index contributed by atoms with van der Waals surface area (Å²) in [5.74, 6) is -1.57. The Morgan fingerprint density at radius 1 is 0.800 bits per heavy atom. The van der Waals surface area contributed by atoms with Crippen molar-refractivity contribution in [2.24, 2.45) is 0 Å². The smallest absolute Gasteiger partial charge is 0.362 e. The molecule has 0 unspecified atom stereocenters. The van der Waals surface area contributed by atoms with E-state index in [0.29, 0.717) is 22.1 Å². The molecule has 1 aliphatic heterocycles. The van der Waals surface area contributed by atoms with Crippen molar-refractivity contribution in [2.45, 2.75) is 50.6 Å². The third-order valence-corrected chi connectivity index (χ3v) is 8.57. The van der Waals surface area contributed by atoms with Gasteiger partial charge in [-0.1, -0.05) is 60.7 Å². The molecular weight excluding hydrogens is 539 g/mol. The van der Waals surface area contributed by atoms with Crippen LogP contribution in [0.4, 0.5) is 0 Å². The van der Waals surface area contributed by atoms with E-state index in [9.17, 15) is 24.7 Å². The van der Waals surface area contributed by atoms with Crippen molar-refractivity contribution in [3.8, 4) is 5.75 Å². The van der Waals surface area contributed by atoms with Crippen LogP contribution in [0.5, 0.6) is 5.75 Å². The molecule has 4 aromatic rings. The van der Waals surface area contributed by atoms with Gasteiger partial charge in [0.1, 0.15) is 29.6 Å². The van der Waals surface area contributed by atoms with E-state index in [-0.39, 0.29) is 24.5 Å². The highest BCUT2D eigenvalue weighted by Gasteiger charge is 2.54. The predicted molar refractivity (Wildman–Crippen MR) is 145 cm³/mol. The number of rotatable bonds is 9. The van der Waals surface area contributed by atoms with Crippen LogP contribution in [0.2, 0.25) is 0 Å². The topological polar surface area (TPSA) is 145 Å². The summed E-state index contributed by atoms with van der Waals surface area (Å²) < 4.78 is 42.6. The zero-order chi connectivity index (χ0) is 28.3. The molecule has 3 N–H and O–H groups in total. The van der Waals surface area contributed by atoms with Gasteiger partial charge >= 0.3 is 13.2 Å². The van der Waals surface area contributed by atoms with Gasteiger partial charge in [-0.3, -0.25) is 4.57 Å². The van der Waals surface area contributed by atoms with Crippen LogP contribution in [-0.2, 0) is 31.6 Å². The minimum absolute atomic E-state index is 0.132. The quantitative estimate of drug-likeness (QED) is 0.201. The largest absolute Gasteiger partial charge is 0.462 e. The summed E-state index contributed by atoms with van der Waals surface area (Å²) in [5, 5.41) is 32.9. The lowest BCUT2D eigenvalue weighted by molar-refractivity contribution is -0.257. The van der Waals surface area contributed by atoms with Crippen molar-refractivity contribution in [1.82, 2.24) is 0 Å². The number of aryl methyl sites for hydroxylation is 1. The molecule has 5 rings (SSSR count). The number of aliphatic hydroxyl groups is 3. The van der Waals surface area contributed by atoms with Gasteiger partial charge in [-0.15, -0.1) is 0 Å². The molecule has 0 saturated carbocycles. The SMILES string of the molecule is Cc1cc(=O)oc2cc(O[C@@H]3O[C@H](P(=O)(OCc4ccccc4)OCc4ccccc4)[C@@H](O)[C@H](O)[C@H]3O)ccc12. The van der Waals surface area contributed by atoms with E-state index in [0.717, 1.165) is 0 Å². The van der Waals surface area contributed by atoms with Gasteiger partial charge in [0.25, 0.3) is 0 Å². The summed E-state index contributed by atoms with van der Waals surface area (Å²) >= 11 is 0. The van der Waals surface area contributed by atoms with E-state index < -0.39 is 43.7 Å². The van der Waals surface area contributed by atoms with Crippen LogP contribution in [0.1, 0.15) is 16.7 Å². The number of ether oxygens (including phenoxy) is 2. The maximum atomic E-state index is 14.2. The van der Waals surface area contributed by atoms with E-state index in [1.807, 2.05) is 12.1 Å². The van der Waals surface area contributed by atoms with Gasteiger partial charge in [-0.2, -0.15) is 0 Å². The molecule has 11 heteroatoms. The average molecular weight is 569 g/mol. The first-order valence-corrected chi connectivity index (χ1v) is 14.2. The molecule has 2 heterocycles. The lowest BCUT2D eigenvalue weighted by Crippen LogP contribution is -2.59. The van der Waals surface area contributed by atoms with Gasteiger partial charge in [0, 0.05) is 17.5 Å². The van der Waals surface area contributed by atoms with Gasteiger partial charge in [0.05, 0.1) is 13.2 Å². The van der Waals surface area contributed by atoms with Crippen LogP contribution in [-0.4, -0.2) is 45.8 Å². The van der Waals surface area contributed by atoms with Crippen molar-refractivity contribution < 1.29 is 42.8 Å². The molecule has 40 heavy (non-hydrogen) atoms. The van der Waals surface area contributed by atoms with Gasteiger partial charge in [0.15, 0.2) is 5.85 Å². The van der Waals surface area contributed by atoms with Crippen LogP contribution < -0.4 is 10.4 Å². The summed E-state index contributed by atoms with van der Waals surface area (Å²) in [6.07, 6.45) is -6.93. The number of hydrogen-bond donors (Lipinski definition) is 3. The standard InChI is InChI=1S/C29H29O10P/c1-18-14-24(30)38-23-15-21(12-13-22(18)23)37-28-26(32)25(31)27(33)29(39-28)40(34,35-16-19-8-4-2-5-9-19)36-17-20-10-6-3-7-11-20/h2-15,25-29,31-33H,16-17H2,1H3/t25-,26-,27+,28-,29-/m1/s1. The lowest BCUT2D eigenvalue weighted by Gasteiger charge is -2.41. The normalized spacial score (nSPS) is 23.2. The predicted octanol–water partition coefficient (Wildman–Crippen LogP) is 3.87. The van der Waals surface area contributed by atoms with Crippen LogP contribution >= 0.6 is 7.60 Å². The van der Waals surface area contributed by atoms with E-state index in [1.165, 1.54) is 12.1 Å². The van der Waals surface area contributed by atoms with E-state index in [2.05, 4.69) is 0 Å². The zero-order valence-electron chi connectivity index (χ0n) is 21.5. The summed E-state index contributed by atoms with van der Waals surface area (Å²) in [7, 11) is -4.32. The third kappa shape index (κ3) is 6.19. The lowest BCUT2D eigenvalue weighted by atomic mass is 10.1. The Morgan fingerprint density at radius 3 is 2.00 bits per heavy atom. The van der Waals surface area contributed by atoms with Crippen molar-refractivity contribution in [3.05, 3.63) is 112 Å². The highest BCUT2D eigenvalue weighted by atomic mass is 31.2. The maximum Gasteiger partial charge on any atom is 0.362 e. The van der Waals surface area contributed by atoms with Crippen LogP contribution in [0.3, 0.4) is 0 Å². The number of hydrogen-bond acceptors (Lipinski definition) is 10. The molecule has 1 saturated heterocycles. The van der Waals surface area contributed by atoms with Crippen molar-refractivity contribution in [3.63, 3.8) is 0 Å². The van der Waals surface area contributed by atoms with Crippen molar-refractivity contribution in [2.75, 3.05) is 0 Å². The molecule has 1 aromatic heterocycles. The van der Waals surface area contributed by atoms with Crippen molar-refractivity contribution >= 4 is 18.6 Å². The number of benzene rings is 3. The first-order chi connectivity index (χ1) is 19.2. The summed E-state index contributed by atoms with van der Waals surface area (Å²) in [4.78, 5) is 11.8. The van der Waals surface area contributed by atoms with Gasteiger partial charge in [-0.25, -0.2) is 4.79 Å². The fraction of sp³-hybridized carbons (Fsp3) is 0.276. The second-order valence-corrected chi connectivity index (χ2v) is 11.6. The fourth-order valence-corrected chi connectivity index (χ4v) is 6.21. The Hall–Kier alpha value is -3.34. The Balaban J connectivity index is 1.42. The second-order valence-electron chi connectivity index (χ2n) is 9.45. The average Bonchev–Trinajstić information content (AvgIpc) is 2.96. The van der Waals surface area contributed by atoms with E-state index >= 15 is 0 Å². The molecule has 0 aliphatic carbocycles. The Kier molecular flexibility index (Phi) is 8.48. The number of aliphatic hydroxyl groups excluding tert-OH is 3. The molecule has 0 spiro atoms. The summed E-state index contributed by atoms with van der Waals surface area (Å²) in [6, 6.07) is 23.9. The Morgan fingerprint density at radius 2 is 1.40 bits per heavy atom. The van der Waals surface area contributed by atoms with Crippen LogP contribution in [0.15, 0.2) is 94.1 Å².